The van der Waals surface area contributed by atoms with Crippen molar-refractivity contribution in [2.24, 2.45) is 5.92 Å². The van der Waals surface area contributed by atoms with Gasteiger partial charge in [-0.1, -0.05) is 6.92 Å². The van der Waals surface area contributed by atoms with Gasteiger partial charge in [0.1, 0.15) is 0 Å². The van der Waals surface area contributed by atoms with E-state index in [0.717, 1.165) is 6.26 Å². The zero-order valence-electron chi connectivity index (χ0n) is 9.42. The van der Waals surface area contributed by atoms with Crippen LogP contribution in [-0.2, 0) is 19.6 Å². The number of rotatable bonds is 5. The minimum atomic E-state index is -3.39. The van der Waals surface area contributed by atoms with Crippen molar-refractivity contribution < 1.29 is 23.1 Å². The number of carboxylic acid groups (broad SMARTS) is 1. The highest BCUT2D eigenvalue weighted by Gasteiger charge is 2.41. The molecule has 16 heavy (non-hydrogen) atoms. The highest BCUT2D eigenvalue weighted by molar-refractivity contribution is 7.88. The number of aliphatic carboxylic acids is 1. The molecule has 1 fully saturated rings. The second-order valence-electron chi connectivity index (χ2n) is 3.92. The van der Waals surface area contributed by atoms with Crippen LogP contribution in [0, 0.1) is 5.92 Å². The molecule has 6 nitrogen and oxygen atoms in total. The van der Waals surface area contributed by atoms with Crippen molar-refractivity contribution in [3.63, 3.8) is 0 Å². The quantitative estimate of drug-likeness (QED) is 0.729. The normalized spacial score (nSPS) is 26.2. The Hall–Kier alpha value is -0.660. The van der Waals surface area contributed by atoms with E-state index in [1.807, 2.05) is 6.92 Å². The first-order chi connectivity index (χ1) is 7.38. The SMILES string of the molecule is CCCN(C1COCC1C(=O)O)S(C)(=O)=O. The Labute approximate surface area is 95.2 Å². The van der Waals surface area contributed by atoms with Crippen LogP contribution in [-0.4, -0.2) is 55.9 Å². The Bertz CT molecular complexity index is 353. The van der Waals surface area contributed by atoms with Crippen molar-refractivity contribution in [3.05, 3.63) is 0 Å². The van der Waals surface area contributed by atoms with E-state index < -0.39 is 28.0 Å². The Kier molecular flexibility index (Phi) is 4.28. The third-order valence-electron chi connectivity index (χ3n) is 2.61. The third kappa shape index (κ3) is 2.93. The molecular formula is C9H17NO5S. The van der Waals surface area contributed by atoms with Crippen LogP contribution >= 0.6 is 0 Å². The van der Waals surface area contributed by atoms with Crippen LogP contribution in [0.5, 0.6) is 0 Å². The van der Waals surface area contributed by atoms with Gasteiger partial charge in [0.25, 0.3) is 0 Å². The summed E-state index contributed by atoms with van der Waals surface area (Å²) in [5, 5.41) is 8.97. The van der Waals surface area contributed by atoms with E-state index in [9.17, 15) is 13.2 Å². The first kappa shape index (κ1) is 13.4. The van der Waals surface area contributed by atoms with E-state index in [-0.39, 0.29) is 13.2 Å². The molecule has 0 aliphatic carbocycles. The fraction of sp³-hybridized carbons (Fsp3) is 0.889. The lowest BCUT2D eigenvalue weighted by Gasteiger charge is -2.27. The van der Waals surface area contributed by atoms with Crippen LogP contribution in [0.2, 0.25) is 0 Å². The molecule has 0 spiro atoms. The molecule has 0 bridgehead atoms. The van der Waals surface area contributed by atoms with Gasteiger partial charge in [0.2, 0.25) is 10.0 Å². The van der Waals surface area contributed by atoms with Crippen molar-refractivity contribution in [2.75, 3.05) is 26.0 Å². The topological polar surface area (TPSA) is 83.9 Å². The van der Waals surface area contributed by atoms with Crippen LogP contribution in [0.15, 0.2) is 0 Å². The summed E-state index contributed by atoms with van der Waals surface area (Å²) in [6.07, 6.45) is 1.75. The summed E-state index contributed by atoms with van der Waals surface area (Å²) < 4.78 is 29.4. The van der Waals surface area contributed by atoms with E-state index in [1.165, 1.54) is 4.31 Å². The maximum absolute atomic E-state index is 11.6. The highest BCUT2D eigenvalue weighted by Crippen LogP contribution is 2.22. The van der Waals surface area contributed by atoms with E-state index in [0.29, 0.717) is 13.0 Å². The van der Waals surface area contributed by atoms with Gasteiger partial charge in [-0.2, -0.15) is 4.31 Å². The first-order valence-electron chi connectivity index (χ1n) is 5.15. The summed E-state index contributed by atoms with van der Waals surface area (Å²) in [4.78, 5) is 10.9. The van der Waals surface area contributed by atoms with E-state index >= 15 is 0 Å². The van der Waals surface area contributed by atoms with Gasteiger partial charge in [0.15, 0.2) is 0 Å². The fourth-order valence-corrected chi connectivity index (χ4v) is 3.07. The molecule has 7 heteroatoms. The van der Waals surface area contributed by atoms with Crippen LogP contribution in [0.4, 0.5) is 0 Å². The summed E-state index contributed by atoms with van der Waals surface area (Å²) in [5.74, 6) is -1.77. The number of ether oxygens (including phenoxy) is 1. The Morgan fingerprint density at radius 1 is 1.50 bits per heavy atom. The molecule has 0 saturated carbocycles. The molecule has 1 heterocycles. The number of carbonyl (C=O) groups is 1. The number of sulfonamides is 1. The monoisotopic (exact) mass is 251 g/mol. The lowest BCUT2D eigenvalue weighted by atomic mass is 10.0. The van der Waals surface area contributed by atoms with Gasteiger partial charge in [-0.05, 0) is 6.42 Å². The average molecular weight is 251 g/mol. The van der Waals surface area contributed by atoms with Crippen LogP contribution in [0.25, 0.3) is 0 Å². The molecular weight excluding hydrogens is 234 g/mol. The molecule has 0 amide bonds. The zero-order valence-corrected chi connectivity index (χ0v) is 10.2. The number of hydrogen-bond acceptors (Lipinski definition) is 4. The van der Waals surface area contributed by atoms with Crippen LogP contribution < -0.4 is 0 Å². The minimum absolute atomic E-state index is 0.0791. The second-order valence-corrected chi connectivity index (χ2v) is 5.86. The second kappa shape index (κ2) is 5.11. The van der Waals surface area contributed by atoms with Gasteiger partial charge in [-0.25, -0.2) is 8.42 Å². The van der Waals surface area contributed by atoms with E-state index in [1.54, 1.807) is 0 Å². The molecule has 1 rings (SSSR count). The zero-order chi connectivity index (χ0) is 12.3. The van der Waals surface area contributed by atoms with Crippen molar-refractivity contribution >= 4 is 16.0 Å². The molecule has 1 aliphatic rings. The highest BCUT2D eigenvalue weighted by atomic mass is 32.2. The summed E-state index contributed by atoms with van der Waals surface area (Å²) in [5.41, 5.74) is 0. The van der Waals surface area contributed by atoms with Crippen LogP contribution in [0.1, 0.15) is 13.3 Å². The minimum Gasteiger partial charge on any atom is -0.481 e. The predicted octanol–water partition coefficient (Wildman–Crippen LogP) is -0.242. The smallest absolute Gasteiger partial charge is 0.310 e. The molecule has 1 saturated heterocycles. The lowest BCUT2D eigenvalue weighted by molar-refractivity contribution is -0.142. The molecule has 0 aromatic rings. The standard InChI is InChI=1S/C9H17NO5S/c1-3-4-10(16(2,13)14)8-6-15-5-7(8)9(11)12/h7-8H,3-6H2,1-2H3,(H,11,12). The van der Waals surface area contributed by atoms with Gasteiger partial charge >= 0.3 is 5.97 Å². The summed E-state index contributed by atoms with van der Waals surface area (Å²) in [6, 6.07) is -0.576. The number of carboxylic acids is 1. The molecule has 0 aromatic heterocycles. The summed E-state index contributed by atoms with van der Waals surface area (Å²) >= 11 is 0. The molecule has 94 valence electrons. The average Bonchev–Trinajstić information content (AvgIpc) is 2.60. The molecule has 1 N–H and O–H groups in total. The molecule has 2 unspecified atom stereocenters. The largest absolute Gasteiger partial charge is 0.481 e. The van der Waals surface area contributed by atoms with Gasteiger partial charge in [-0.3, -0.25) is 4.79 Å². The van der Waals surface area contributed by atoms with Crippen molar-refractivity contribution in [2.45, 2.75) is 19.4 Å². The van der Waals surface area contributed by atoms with Gasteiger partial charge in [-0.15, -0.1) is 0 Å². The lowest BCUT2D eigenvalue weighted by Crippen LogP contribution is -2.46. The summed E-state index contributed by atoms with van der Waals surface area (Å²) in [7, 11) is -3.39. The van der Waals surface area contributed by atoms with Crippen LogP contribution in [0.3, 0.4) is 0 Å². The number of nitrogens with zero attached hydrogens (tertiary/aromatic N) is 1. The van der Waals surface area contributed by atoms with Gasteiger partial charge in [0, 0.05) is 6.54 Å². The third-order valence-corrected chi connectivity index (χ3v) is 3.91. The summed E-state index contributed by atoms with van der Waals surface area (Å²) in [6.45, 7) is 2.42. The Balaban J connectivity index is 2.90. The molecule has 1 aliphatic heterocycles. The predicted molar refractivity (Wildman–Crippen MR) is 57.6 cm³/mol. The molecule has 0 aromatic carbocycles. The fourth-order valence-electron chi connectivity index (χ4n) is 1.86. The van der Waals surface area contributed by atoms with E-state index in [4.69, 9.17) is 9.84 Å². The first-order valence-corrected chi connectivity index (χ1v) is 7.00. The maximum atomic E-state index is 11.6. The van der Waals surface area contributed by atoms with Crippen molar-refractivity contribution in [3.8, 4) is 0 Å². The Morgan fingerprint density at radius 2 is 2.12 bits per heavy atom. The van der Waals surface area contributed by atoms with Crippen molar-refractivity contribution in [1.82, 2.24) is 4.31 Å². The van der Waals surface area contributed by atoms with E-state index in [2.05, 4.69) is 0 Å². The molecule has 0 radical (unpaired) electrons. The Morgan fingerprint density at radius 3 is 2.56 bits per heavy atom. The maximum Gasteiger partial charge on any atom is 0.310 e. The molecule has 2 atom stereocenters. The van der Waals surface area contributed by atoms with Gasteiger partial charge < -0.3 is 9.84 Å². The van der Waals surface area contributed by atoms with Crippen molar-refractivity contribution in [1.29, 1.82) is 0 Å². The number of hydrogen-bond donors (Lipinski definition) is 1. The van der Waals surface area contributed by atoms with Gasteiger partial charge in [0.05, 0.1) is 31.4 Å².